The SMILES string of the molecule is CC1CCN(c2ccc(NC(=O)C3CC(=O)N(C4CCCCC4)C3)cc2)CC1. The van der Waals surface area contributed by atoms with Gasteiger partial charge >= 0.3 is 0 Å². The predicted molar refractivity (Wildman–Crippen MR) is 112 cm³/mol. The second-order valence-corrected chi connectivity index (χ2v) is 8.94. The number of piperidine rings is 1. The normalized spacial score (nSPS) is 24.6. The Hall–Kier alpha value is -2.04. The molecule has 0 radical (unpaired) electrons. The second-order valence-electron chi connectivity index (χ2n) is 8.94. The monoisotopic (exact) mass is 383 g/mol. The molecular formula is C23H33N3O2. The maximum Gasteiger partial charge on any atom is 0.229 e. The van der Waals surface area contributed by atoms with Gasteiger partial charge in [0.25, 0.3) is 0 Å². The van der Waals surface area contributed by atoms with Gasteiger partial charge in [-0.3, -0.25) is 9.59 Å². The van der Waals surface area contributed by atoms with Gasteiger partial charge in [0.1, 0.15) is 0 Å². The standard InChI is InChI=1S/C23H33N3O2/c1-17-11-13-25(14-12-17)20-9-7-19(8-10-20)24-23(28)18-15-22(27)26(16-18)21-5-3-2-4-6-21/h7-10,17-18,21H,2-6,11-16H2,1H3,(H,24,28). The van der Waals surface area contributed by atoms with E-state index in [1.807, 2.05) is 17.0 Å². The number of amides is 2. The Balaban J connectivity index is 1.31. The summed E-state index contributed by atoms with van der Waals surface area (Å²) in [6, 6.07) is 8.52. The first-order chi connectivity index (χ1) is 13.6. The zero-order valence-electron chi connectivity index (χ0n) is 17.0. The summed E-state index contributed by atoms with van der Waals surface area (Å²) in [6.07, 6.45) is 8.70. The molecule has 1 aromatic rings. The number of hydrogen-bond donors (Lipinski definition) is 1. The average Bonchev–Trinajstić information content (AvgIpc) is 3.12. The highest BCUT2D eigenvalue weighted by atomic mass is 16.2. The van der Waals surface area contributed by atoms with Gasteiger partial charge in [0, 0.05) is 43.5 Å². The largest absolute Gasteiger partial charge is 0.372 e. The van der Waals surface area contributed by atoms with E-state index in [9.17, 15) is 9.59 Å². The summed E-state index contributed by atoms with van der Waals surface area (Å²) < 4.78 is 0. The van der Waals surface area contributed by atoms with E-state index >= 15 is 0 Å². The van der Waals surface area contributed by atoms with Crippen LogP contribution in [0.1, 0.15) is 58.3 Å². The molecule has 0 aromatic heterocycles. The van der Waals surface area contributed by atoms with E-state index in [4.69, 9.17) is 0 Å². The van der Waals surface area contributed by atoms with Crippen LogP contribution in [0.5, 0.6) is 0 Å². The van der Waals surface area contributed by atoms with Gasteiger partial charge in [-0.2, -0.15) is 0 Å². The molecule has 2 aliphatic heterocycles. The van der Waals surface area contributed by atoms with Crippen molar-refractivity contribution < 1.29 is 9.59 Å². The van der Waals surface area contributed by atoms with E-state index in [0.717, 1.165) is 37.5 Å². The van der Waals surface area contributed by atoms with Gasteiger partial charge in [-0.25, -0.2) is 0 Å². The Morgan fingerprint density at radius 2 is 1.68 bits per heavy atom. The third-order valence-corrected chi connectivity index (χ3v) is 6.83. The number of carbonyl (C=O) groups is 2. The van der Waals surface area contributed by atoms with Crippen molar-refractivity contribution in [3.63, 3.8) is 0 Å². The highest BCUT2D eigenvalue weighted by molar-refractivity contribution is 5.97. The number of carbonyl (C=O) groups excluding carboxylic acids is 2. The van der Waals surface area contributed by atoms with Crippen molar-refractivity contribution in [2.45, 2.75) is 64.3 Å². The Labute approximate surface area is 168 Å². The zero-order chi connectivity index (χ0) is 19.5. The van der Waals surface area contributed by atoms with Crippen LogP contribution in [0.15, 0.2) is 24.3 Å². The molecule has 28 heavy (non-hydrogen) atoms. The third kappa shape index (κ3) is 4.34. The molecule has 2 saturated heterocycles. The van der Waals surface area contributed by atoms with Gasteiger partial charge in [0.15, 0.2) is 0 Å². The Kier molecular flexibility index (Phi) is 5.88. The van der Waals surface area contributed by atoms with Crippen molar-refractivity contribution in [3.05, 3.63) is 24.3 Å². The minimum atomic E-state index is -0.224. The molecule has 2 heterocycles. The van der Waals surface area contributed by atoms with Gasteiger partial charge in [-0.15, -0.1) is 0 Å². The molecule has 1 N–H and O–H groups in total. The van der Waals surface area contributed by atoms with Crippen LogP contribution in [0.25, 0.3) is 0 Å². The van der Waals surface area contributed by atoms with Crippen LogP contribution in [0.4, 0.5) is 11.4 Å². The van der Waals surface area contributed by atoms with Crippen LogP contribution in [-0.2, 0) is 9.59 Å². The van der Waals surface area contributed by atoms with Crippen molar-refractivity contribution in [2.24, 2.45) is 11.8 Å². The van der Waals surface area contributed by atoms with Crippen molar-refractivity contribution in [1.29, 1.82) is 0 Å². The molecule has 1 aromatic carbocycles. The molecular weight excluding hydrogens is 350 g/mol. The minimum Gasteiger partial charge on any atom is -0.372 e. The molecule has 0 spiro atoms. The molecule has 152 valence electrons. The molecule has 5 heteroatoms. The van der Waals surface area contributed by atoms with E-state index in [1.165, 1.54) is 37.8 Å². The van der Waals surface area contributed by atoms with E-state index < -0.39 is 0 Å². The molecule has 4 rings (SSSR count). The lowest BCUT2D eigenvalue weighted by Crippen LogP contribution is -2.38. The molecule has 1 aliphatic carbocycles. The second kappa shape index (κ2) is 8.54. The molecule has 3 aliphatic rings. The smallest absolute Gasteiger partial charge is 0.229 e. The summed E-state index contributed by atoms with van der Waals surface area (Å²) in [6.45, 7) is 5.11. The van der Waals surface area contributed by atoms with Crippen LogP contribution in [0.2, 0.25) is 0 Å². The predicted octanol–water partition coefficient (Wildman–Crippen LogP) is 4.04. The lowest BCUT2D eigenvalue weighted by atomic mass is 9.94. The summed E-state index contributed by atoms with van der Waals surface area (Å²) in [5.41, 5.74) is 2.05. The lowest BCUT2D eigenvalue weighted by molar-refractivity contribution is -0.130. The van der Waals surface area contributed by atoms with Crippen LogP contribution in [0, 0.1) is 11.8 Å². The number of benzene rings is 1. The molecule has 3 fully saturated rings. The molecule has 5 nitrogen and oxygen atoms in total. The first-order valence-electron chi connectivity index (χ1n) is 11.1. The fraction of sp³-hybridized carbons (Fsp3) is 0.652. The van der Waals surface area contributed by atoms with Crippen LogP contribution in [0.3, 0.4) is 0 Å². The van der Waals surface area contributed by atoms with Gasteiger partial charge in [0.2, 0.25) is 11.8 Å². The van der Waals surface area contributed by atoms with Gasteiger partial charge in [-0.05, 0) is 55.9 Å². The highest BCUT2D eigenvalue weighted by Gasteiger charge is 2.38. The zero-order valence-corrected chi connectivity index (χ0v) is 17.0. The minimum absolute atomic E-state index is 0.0220. The Morgan fingerprint density at radius 1 is 1.00 bits per heavy atom. The molecule has 1 saturated carbocycles. The summed E-state index contributed by atoms with van der Waals surface area (Å²) in [4.78, 5) is 29.5. The number of nitrogens with zero attached hydrogens (tertiary/aromatic N) is 2. The third-order valence-electron chi connectivity index (χ3n) is 6.83. The van der Waals surface area contributed by atoms with Crippen LogP contribution < -0.4 is 10.2 Å². The number of rotatable bonds is 4. The summed E-state index contributed by atoms with van der Waals surface area (Å²) >= 11 is 0. The van der Waals surface area contributed by atoms with Crippen LogP contribution >= 0.6 is 0 Å². The van der Waals surface area contributed by atoms with Crippen LogP contribution in [-0.4, -0.2) is 42.4 Å². The molecule has 2 amide bonds. The van der Waals surface area contributed by atoms with Gasteiger partial charge < -0.3 is 15.1 Å². The van der Waals surface area contributed by atoms with Crippen molar-refractivity contribution in [2.75, 3.05) is 29.9 Å². The summed E-state index contributed by atoms with van der Waals surface area (Å²) in [7, 11) is 0. The quantitative estimate of drug-likeness (QED) is 0.854. The van der Waals surface area contributed by atoms with Crippen molar-refractivity contribution in [3.8, 4) is 0 Å². The van der Waals surface area contributed by atoms with E-state index in [-0.39, 0.29) is 17.7 Å². The summed E-state index contributed by atoms with van der Waals surface area (Å²) in [5, 5.41) is 3.03. The summed E-state index contributed by atoms with van der Waals surface area (Å²) in [5.74, 6) is 0.725. The highest BCUT2D eigenvalue weighted by Crippen LogP contribution is 2.29. The van der Waals surface area contributed by atoms with Crippen molar-refractivity contribution in [1.82, 2.24) is 4.90 Å². The number of anilines is 2. The number of likely N-dealkylation sites (tertiary alicyclic amines) is 1. The van der Waals surface area contributed by atoms with E-state index in [0.29, 0.717) is 19.0 Å². The lowest BCUT2D eigenvalue weighted by Gasteiger charge is -2.32. The maximum atomic E-state index is 12.7. The fourth-order valence-electron chi connectivity index (χ4n) is 4.92. The Morgan fingerprint density at radius 3 is 2.36 bits per heavy atom. The van der Waals surface area contributed by atoms with Gasteiger partial charge in [-0.1, -0.05) is 26.2 Å². The maximum absolute atomic E-state index is 12.7. The topological polar surface area (TPSA) is 52.7 Å². The first-order valence-corrected chi connectivity index (χ1v) is 11.1. The van der Waals surface area contributed by atoms with E-state index in [1.54, 1.807) is 0 Å². The van der Waals surface area contributed by atoms with Crippen molar-refractivity contribution >= 4 is 23.2 Å². The van der Waals surface area contributed by atoms with Gasteiger partial charge in [0.05, 0.1) is 5.92 Å². The fourth-order valence-corrected chi connectivity index (χ4v) is 4.92. The molecule has 0 bridgehead atoms. The Bertz CT molecular complexity index is 688. The molecule has 1 unspecified atom stereocenters. The van der Waals surface area contributed by atoms with E-state index in [2.05, 4.69) is 29.3 Å². The number of nitrogens with one attached hydrogen (secondary N) is 1. The first kappa shape index (κ1) is 19.3. The molecule has 1 atom stereocenters. The average molecular weight is 384 g/mol. The number of hydrogen-bond acceptors (Lipinski definition) is 3.